The standard InChI is InChI=1S/C3H4OS2/c4-1-3(6)2-5/h1-2H2. The van der Waals surface area contributed by atoms with Crippen LogP contribution in [0.15, 0.2) is 0 Å². The lowest BCUT2D eigenvalue weighted by Crippen LogP contribution is -1.98. The Morgan fingerprint density at radius 2 is 2.17 bits per heavy atom. The summed E-state index contributed by atoms with van der Waals surface area (Å²) in [6.07, 6.45) is 0. The molecule has 3 heteroatoms. The molecule has 2 radical (unpaired) electrons. The van der Waals surface area contributed by atoms with E-state index in [-0.39, 0.29) is 6.61 Å². The van der Waals surface area contributed by atoms with E-state index in [1.807, 2.05) is 0 Å². The molecule has 0 rings (SSSR count). The van der Waals surface area contributed by atoms with Gasteiger partial charge in [0, 0.05) is 10.6 Å². The number of thiocarbonyl (C=S) groups is 1. The fourth-order valence-electron chi connectivity index (χ4n) is 0.0417. The molecular weight excluding hydrogens is 116 g/mol. The Kier molecular flexibility index (Phi) is 3.82. The van der Waals surface area contributed by atoms with Gasteiger partial charge in [-0.1, -0.05) is 24.8 Å². The Morgan fingerprint density at radius 3 is 2.17 bits per heavy atom. The predicted octanol–water partition coefficient (Wildman–Crippen LogP) is 0.984. The van der Waals surface area contributed by atoms with Gasteiger partial charge in [0.2, 0.25) is 0 Å². The van der Waals surface area contributed by atoms with Crippen LogP contribution < -0.4 is 0 Å². The van der Waals surface area contributed by atoms with Crippen molar-refractivity contribution in [1.82, 2.24) is 0 Å². The van der Waals surface area contributed by atoms with Gasteiger partial charge in [-0.25, -0.2) is 5.11 Å². The van der Waals surface area contributed by atoms with Crippen LogP contribution in [0.1, 0.15) is 0 Å². The van der Waals surface area contributed by atoms with Crippen molar-refractivity contribution in [2.45, 2.75) is 0 Å². The second-order valence-electron chi connectivity index (χ2n) is 0.827. The fourth-order valence-corrected chi connectivity index (χ4v) is 0.125. The first-order valence-corrected chi connectivity index (χ1v) is 2.47. The van der Waals surface area contributed by atoms with Crippen LogP contribution in [0.25, 0.3) is 0 Å². The van der Waals surface area contributed by atoms with Crippen molar-refractivity contribution in [2.75, 3.05) is 12.4 Å². The lowest BCUT2D eigenvalue weighted by Gasteiger charge is -1.81. The van der Waals surface area contributed by atoms with Crippen LogP contribution in [-0.4, -0.2) is 17.2 Å². The van der Waals surface area contributed by atoms with E-state index in [2.05, 4.69) is 24.8 Å². The summed E-state index contributed by atoms with van der Waals surface area (Å²) in [4.78, 5) is 0.435. The quantitative estimate of drug-likeness (QED) is 0.497. The first kappa shape index (κ1) is 6.40. The molecule has 0 atom stereocenters. The van der Waals surface area contributed by atoms with Crippen LogP contribution in [0.2, 0.25) is 0 Å². The average molecular weight is 120 g/mol. The minimum Gasteiger partial charge on any atom is -0.231 e. The van der Waals surface area contributed by atoms with Gasteiger partial charge in [-0.3, -0.25) is 0 Å². The Labute approximate surface area is 47.8 Å². The number of hydrogen-bond donors (Lipinski definition) is 0. The Bertz CT molecular complexity index is 46.8. The van der Waals surface area contributed by atoms with E-state index in [1.165, 1.54) is 0 Å². The summed E-state index contributed by atoms with van der Waals surface area (Å²) in [5.41, 5.74) is 0. The molecule has 0 N–H and O–H groups in total. The van der Waals surface area contributed by atoms with Crippen molar-refractivity contribution in [3.63, 3.8) is 0 Å². The maximum Gasteiger partial charge on any atom is 0.114 e. The second kappa shape index (κ2) is 3.59. The molecule has 0 aliphatic carbocycles. The van der Waals surface area contributed by atoms with Crippen LogP contribution in [-0.2, 0) is 5.11 Å². The number of hydrogen-bond acceptors (Lipinski definition) is 1. The Morgan fingerprint density at radius 1 is 1.67 bits per heavy atom. The molecule has 0 amide bonds. The zero-order valence-electron chi connectivity index (χ0n) is 3.14. The average Bonchev–Trinajstić information content (AvgIpc) is 1.65. The van der Waals surface area contributed by atoms with E-state index in [0.717, 1.165) is 0 Å². The van der Waals surface area contributed by atoms with E-state index >= 15 is 0 Å². The van der Waals surface area contributed by atoms with Gasteiger partial charge in [-0.05, 0) is 0 Å². The van der Waals surface area contributed by atoms with E-state index in [9.17, 15) is 5.11 Å². The summed E-state index contributed by atoms with van der Waals surface area (Å²) in [6.45, 7) is -0.293. The first-order chi connectivity index (χ1) is 2.81. The summed E-state index contributed by atoms with van der Waals surface area (Å²) in [6, 6.07) is 0. The fraction of sp³-hybridized carbons (Fsp3) is 0.667. The Balaban J connectivity index is 2.99. The van der Waals surface area contributed by atoms with Gasteiger partial charge < -0.3 is 0 Å². The first-order valence-electron chi connectivity index (χ1n) is 1.49. The van der Waals surface area contributed by atoms with Crippen molar-refractivity contribution in [3.05, 3.63) is 0 Å². The van der Waals surface area contributed by atoms with Crippen molar-refractivity contribution in [3.8, 4) is 0 Å². The molecule has 6 heavy (non-hydrogen) atoms. The van der Waals surface area contributed by atoms with Crippen LogP contribution in [0.5, 0.6) is 0 Å². The summed E-state index contributed by atoms with van der Waals surface area (Å²) >= 11 is 8.87. The molecule has 0 fully saturated rings. The molecule has 34 valence electrons. The second-order valence-corrected chi connectivity index (χ2v) is 1.69. The highest BCUT2D eigenvalue weighted by Crippen LogP contribution is 1.78. The minimum atomic E-state index is -0.293. The van der Waals surface area contributed by atoms with Gasteiger partial charge in [-0.2, -0.15) is 0 Å². The molecule has 0 spiro atoms. The molecule has 0 unspecified atom stereocenters. The van der Waals surface area contributed by atoms with Gasteiger partial charge in [0.25, 0.3) is 0 Å². The maximum atomic E-state index is 9.65. The van der Waals surface area contributed by atoms with E-state index in [1.54, 1.807) is 0 Å². The van der Waals surface area contributed by atoms with Crippen LogP contribution in [0, 0.1) is 0 Å². The maximum absolute atomic E-state index is 9.65. The number of rotatable bonds is 2. The SMILES string of the molecule is [O]CC(=S)C[S]. The molecule has 0 aliphatic rings. The predicted molar refractivity (Wildman–Crippen MR) is 30.6 cm³/mol. The summed E-state index contributed by atoms with van der Waals surface area (Å²) in [5.74, 6) is 0.332. The van der Waals surface area contributed by atoms with E-state index in [4.69, 9.17) is 0 Å². The topological polar surface area (TPSA) is 19.9 Å². The summed E-state index contributed by atoms with van der Waals surface area (Å²) in [5, 5.41) is 9.65. The molecule has 0 aromatic carbocycles. The normalized spacial score (nSPS) is 8.33. The Hall–Kier alpha value is 0.400. The van der Waals surface area contributed by atoms with Crippen LogP contribution in [0.4, 0.5) is 0 Å². The smallest absolute Gasteiger partial charge is 0.114 e. The summed E-state index contributed by atoms with van der Waals surface area (Å²) in [7, 11) is 0. The zero-order valence-corrected chi connectivity index (χ0v) is 4.77. The van der Waals surface area contributed by atoms with Crippen molar-refractivity contribution < 1.29 is 5.11 Å². The lowest BCUT2D eigenvalue weighted by molar-refractivity contribution is 0.247. The molecule has 0 saturated heterocycles. The van der Waals surface area contributed by atoms with Crippen LogP contribution in [0.3, 0.4) is 0 Å². The third kappa shape index (κ3) is 2.63. The van der Waals surface area contributed by atoms with E-state index in [0.29, 0.717) is 10.6 Å². The van der Waals surface area contributed by atoms with Crippen LogP contribution >= 0.6 is 24.8 Å². The third-order valence-electron chi connectivity index (χ3n) is 0.322. The van der Waals surface area contributed by atoms with Gasteiger partial charge in [0.15, 0.2) is 0 Å². The molecule has 0 saturated carbocycles. The third-order valence-corrected chi connectivity index (χ3v) is 1.12. The van der Waals surface area contributed by atoms with Crippen molar-refractivity contribution in [1.29, 1.82) is 0 Å². The summed E-state index contributed by atoms with van der Waals surface area (Å²) < 4.78 is 0. The van der Waals surface area contributed by atoms with Crippen molar-refractivity contribution in [2.24, 2.45) is 0 Å². The molecule has 0 heterocycles. The highest BCUT2D eigenvalue weighted by molar-refractivity contribution is 7.86. The van der Waals surface area contributed by atoms with Gasteiger partial charge >= 0.3 is 0 Å². The molecular formula is C3H4OS2. The minimum absolute atomic E-state index is 0.293. The zero-order chi connectivity index (χ0) is 4.99. The van der Waals surface area contributed by atoms with Crippen molar-refractivity contribution >= 4 is 29.7 Å². The van der Waals surface area contributed by atoms with Gasteiger partial charge in [0.05, 0.1) is 0 Å². The molecule has 0 bridgehead atoms. The molecule has 1 nitrogen and oxygen atoms in total. The monoisotopic (exact) mass is 120 g/mol. The highest BCUT2D eigenvalue weighted by atomic mass is 32.1. The lowest BCUT2D eigenvalue weighted by atomic mass is 10.5. The highest BCUT2D eigenvalue weighted by Gasteiger charge is 1.86. The van der Waals surface area contributed by atoms with Gasteiger partial charge in [0.1, 0.15) is 6.61 Å². The van der Waals surface area contributed by atoms with E-state index < -0.39 is 0 Å². The largest absolute Gasteiger partial charge is 0.231 e. The van der Waals surface area contributed by atoms with Gasteiger partial charge in [-0.15, -0.1) is 0 Å². The molecule has 0 aromatic rings. The molecule has 0 aliphatic heterocycles. The molecule has 0 aromatic heterocycles.